The highest BCUT2D eigenvalue weighted by Gasteiger charge is 2.66. The molecule has 2 fully saturated rings. The van der Waals surface area contributed by atoms with Crippen LogP contribution in [0.25, 0.3) is 0 Å². The van der Waals surface area contributed by atoms with Gasteiger partial charge in [-0.05, 0) is 19.3 Å². The Kier molecular flexibility index (Phi) is 4.37. The first-order valence-corrected chi connectivity index (χ1v) is 9.64. The highest BCUT2D eigenvalue weighted by Crippen LogP contribution is 2.52. The van der Waals surface area contributed by atoms with Gasteiger partial charge in [0.2, 0.25) is 11.8 Å². The van der Waals surface area contributed by atoms with Gasteiger partial charge >= 0.3 is 0 Å². The standard InChI is InChI=1S/C20H27N3O4/c1-12(2)6-8-23-11-20-7-5-15(26-20)16(17(20)19(23)25)18(24)22(4)10-14-9-13(3)21-27-14/h5,7,9,12,15-17H,6,8,10-11H2,1-4H3/t15-,16+,17-,20-/m0/s1. The average molecular weight is 373 g/mol. The Morgan fingerprint density at radius 3 is 2.93 bits per heavy atom. The first kappa shape index (κ1) is 18.2. The quantitative estimate of drug-likeness (QED) is 0.711. The van der Waals surface area contributed by atoms with Gasteiger partial charge in [0.15, 0.2) is 5.76 Å². The van der Waals surface area contributed by atoms with Crippen LogP contribution < -0.4 is 0 Å². The second kappa shape index (κ2) is 6.48. The van der Waals surface area contributed by atoms with Crippen molar-refractivity contribution >= 4 is 11.8 Å². The van der Waals surface area contributed by atoms with E-state index in [1.807, 2.05) is 30.0 Å². The van der Waals surface area contributed by atoms with Crippen LogP contribution >= 0.6 is 0 Å². The largest absolute Gasteiger partial charge is 0.360 e. The number of hydrogen-bond donors (Lipinski definition) is 0. The van der Waals surface area contributed by atoms with E-state index in [0.29, 0.717) is 31.3 Å². The average Bonchev–Trinajstić information content (AvgIpc) is 3.34. The van der Waals surface area contributed by atoms with Crippen LogP contribution in [0.2, 0.25) is 0 Å². The Hall–Kier alpha value is -2.15. The van der Waals surface area contributed by atoms with E-state index in [1.165, 1.54) is 0 Å². The lowest BCUT2D eigenvalue weighted by molar-refractivity contribution is -0.142. The Labute approximate surface area is 159 Å². The van der Waals surface area contributed by atoms with Crippen molar-refractivity contribution in [2.45, 2.75) is 45.4 Å². The van der Waals surface area contributed by atoms with Gasteiger partial charge in [-0.1, -0.05) is 31.2 Å². The van der Waals surface area contributed by atoms with Crippen LogP contribution in [0.15, 0.2) is 22.7 Å². The number of aryl methyl sites for hydroxylation is 1. The molecule has 4 heterocycles. The molecule has 1 aromatic rings. The minimum Gasteiger partial charge on any atom is -0.360 e. The summed E-state index contributed by atoms with van der Waals surface area (Å²) in [6.45, 7) is 7.73. The molecule has 0 N–H and O–H groups in total. The molecular weight excluding hydrogens is 346 g/mol. The number of likely N-dealkylation sites (tertiary alicyclic amines) is 1. The van der Waals surface area contributed by atoms with Crippen LogP contribution in [0.4, 0.5) is 0 Å². The third-order valence-corrected chi connectivity index (χ3v) is 5.89. The monoisotopic (exact) mass is 373 g/mol. The molecular formula is C20H27N3O4. The van der Waals surface area contributed by atoms with E-state index in [1.54, 1.807) is 11.9 Å². The van der Waals surface area contributed by atoms with Crippen molar-refractivity contribution in [2.24, 2.45) is 17.8 Å². The van der Waals surface area contributed by atoms with E-state index in [9.17, 15) is 9.59 Å². The summed E-state index contributed by atoms with van der Waals surface area (Å²) in [5.74, 6) is 0.229. The lowest BCUT2D eigenvalue weighted by Crippen LogP contribution is -2.44. The molecule has 3 aliphatic rings. The van der Waals surface area contributed by atoms with Gasteiger partial charge in [0.05, 0.1) is 36.7 Å². The Bertz CT molecular complexity index is 786. The number of fused-ring (bicyclic) bond motifs is 1. The Morgan fingerprint density at radius 1 is 1.48 bits per heavy atom. The number of carbonyl (C=O) groups excluding carboxylic acids is 2. The summed E-state index contributed by atoms with van der Waals surface area (Å²) >= 11 is 0. The third-order valence-electron chi connectivity index (χ3n) is 5.89. The highest BCUT2D eigenvalue weighted by atomic mass is 16.5. The van der Waals surface area contributed by atoms with Gasteiger partial charge in [-0.15, -0.1) is 0 Å². The summed E-state index contributed by atoms with van der Waals surface area (Å²) in [4.78, 5) is 29.8. The van der Waals surface area contributed by atoms with Crippen LogP contribution in [0.1, 0.15) is 31.7 Å². The first-order chi connectivity index (χ1) is 12.8. The summed E-state index contributed by atoms with van der Waals surface area (Å²) in [5, 5.41) is 3.86. The van der Waals surface area contributed by atoms with E-state index in [2.05, 4.69) is 19.0 Å². The van der Waals surface area contributed by atoms with Crippen molar-refractivity contribution in [1.82, 2.24) is 15.0 Å². The number of carbonyl (C=O) groups is 2. The maximum atomic E-state index is 13.2. The normalized spacial score (nSPS) is 31.2. The number of hydrogen-bond acceptors (Lipinski definition) is 5. The van der Waals surface area contributed by atoms with Crippen molar-refractivity contribution in [2.75, 3.05) is 20.1 Å². The summed E-state index contributed by atoms with van der Waals surface area (Å²) in [5.41, 5.74) is 0.144. The molecule has 2 saturated heterocycles. The van der Waals surface area contributed by atoms with Crippen molar-refractivity contribution in [3.8, 4) is 0 Å². The van der Waals surface area contributed by atoms with Crippen LogP contribution in [0.5, 0.6) is 0 Å². The third kappa shape index (κ3) is 2.98. The summed E-state index contributed by atoms with van der Waals surface area (Å²) in [6.07, 6.45) is 4.58. The number of amides is 2. The molecule has 4 atom stereocenters. The van der Waals surface area contributed by atoms with Gasteiger partial charge in [0, 0.05) is 19.7 Å². The molecule has 146 valence electrons. The maximum absolute atomic E-state index is 13.2. The van der Waals surface area contributed by atoms with E-state index in [-0.39, 0.29) is 17.9 Å². The van der Waals surface area contributed by atoms with E-state index < -0.39 is 17.4 Å². The second-order valence-corrected chi connectivity index (χ2v) is 8.47. The number of nitrogens with zero attached hydrogens (tertiary/aromatic N) is 3. The molecule has 2 amide bonds. The molecule has 3 aliphatic heterocycles. The fourth-order valence-corrected chi connectivity index (χ4v) is 4.52. The molecule has 1 spiro atoms. The van der Waals surface area contributed by atoms with Gasteiger partial charge < -0.3 is 19.1 Å². The zero-order valence-electron chi connectivity index (χ0n) is 16.3. The summed E-state index contributed by atoms with van der Waals surface area (Å²) < 4.78 is 11.4. The molecule has 4 rings (SSSR count). The Balaban J connectivity index is 1.51. The lowest BCUT2D eigenvalue weighted by atomic mass is 9.76. The number of rotatable bonds is 6. The second-order valence-electron chi connectivity index (χ2n) is 8.47. The molecule has 7 heteroatoms. The first-order valence-electron chi connectivity index (χ1n) is 9.64. The molecule has 0 radical (unpaired) electrons. The number of ether oxygens (including phenoxy) is 1. The van der Waals surface area contributed by atoms with E-state index in [0.717, 1.165) is 12.1 Å². The van der Waals surface area contributed by atoms with Crippen molar-refractivity contribution in [1.29, 1.82) is 0 Å². The SMILES string of the molecule is Cc1cc(CN(C)C(=O)[C@@H]2[C@@H]3C=C[C@@]4(CN(CCC(C)C)C(=O)[C@H]24)O3)on1. The van der Waals surface area contributed by atoms with Crippen LogP contribution in [0.3, 0.4) is 0 Å². The maximum Gasteiger partial charge on any atom is 0.230 e. The van der Waals surface area contributed by atoms with Gasteiger partial charge in [-0.3, -0.25) is 9.59 Å². The van der Waals surface area contributed by atoms with Gasteiger partial charge in [0.1, 0.15) is 5.60 Å². The topological polar surface area (TPSA) is 75.9 Å². The van der Waals surface area contributed by atoms with Gasteiger partial charge in [0.25, 0.3) is 0 Å². The minimum absolute atomic E-state index is 0.0461. The molecule has 0 aromatic carbocycles. The molecule has 1 aromatic heterocycles. The zero-order chi connectivity index (χ0) is 19.3. The predicted octanol–water partition coefficient (Wildman–Crippen LogP) is 1.77. The molecule has 0 unspecified atom stereocenters. The molecule has 7 nitrogen and oxygen atoms in total. The summed E-state index contributed by atoms with van der Waals surface area (Å²) in [6, 6.07) is 1.82. The fourth-order valence-electron chi connectivity index (χ4n) is 4.52. The fraction of sp³-hybridized carbons (Fsp3) is 0.650. The van der Waals surface area contributed by atoms with Crippen LogP contribution in [-0.2, 0) is 20.9 Å². The highest BCUT2D eigenvalue weighted by molar-refractivity contribution is 5.92. The zero-order valence-corrected chi connectivity index (χ0v) is 16.3. The van der Waals surface area contributed by atoms with Gasteiger partial charge in [-0.25, -0.2) is 0 Å². The predicted molar refractivity (Wildman–Crippen MR) is 97.5 cm³/mol. The van der Waals surface area contributed by atoms with Crippen molar-refractivity contribution in [3.63, 3.8) is 0 Å². The van der Waals surface area contributed by atoms with E-state index in [4.69, 9.17) is 9.26 Å². The van der Waals surface area contributed by atoms with Crippen molar-refractivity contribution < 1.29 is 18.8 Å². The van der Waals surface area contributed by atoms with Crippen LogP contribution in [0, 0.1) is 24.7 Å². The van der Waals surface area contributed by atoms with E-state index >= 15 is 0 Å². The minimum atomic E-state index is -0.636. The molecule has 2 bridgehead atoms. The molecule has 27 heavy (non-hydrogen) atoms. The van der Waals surface area contributed by atoms with Gasteiger partial charge in [-0.2, -0.15) is 0 Å². The Morgan fingerprint density at radius 2 is 2.26 bits per heavy atom. The smallest absolute Gasteiger partial charge is 0.230 e. The number of aromatic nitrogens is 1. The van der Waals surface area contributed by atoms with Crippen molar-refractivity contribution in [3.05, 3.63) is 29.7 Å². The molecule has 0 aliphatic carbocycles. The van der Waals surface area contributed by atoms with Crippen LogP contribution in [-0.4, -0.2) is 58.6 Å². The lowest BCUT2D eigenvalue weighted by Gasteiger charge is -2.27. The molecule has 0 saturated carbocycles. The summed E-state index contributed by atoms with van der Waals surface area (Å²) in [7, 11) is 1.73.